The molecular weight excluding hydrogens is 254 g/mol. The van der Waals surface area contributed by atoms with E-state index in [4.69, 9.17) is 0 Å². The molecule has 0 fully saturated rings. The van der Waals surface area contributed by atoms with Crippen molar-refractivity contribution in [3.8, 4) is 22.4 Å². The van der Waals surface area contributed by atoms with Crippen molar-refractivity contribution in [3.05, 3.63) is 78.0 Å². The maximum absolute atomic E-state index is 2.38. The first-order valence-electron chi connectivity index (χ1n) is 7.45. The first-order chi connectivity index (χ1) is 10.2. The number of pyridine rings is 1. The second-order valence-corrected chi connectivity index (χ2v) is 5.84. The Morgan fingerprint density at radius 2 is 1.67 bits per heavy atom. The minimum absolute atomic E-state index is 0.401. The van der Waals surface area contributed by atoms with Crippen LogP contribution in [0, 0.1) is 6.92 Å². The van der Waals surface area contributed by atoms with Crippen molar-refractivity contribution in [1.82, 2.24) is 0 Å². The molecule has 0 bridgehead atoms. The molecule has 21 heavy (non-hydrogen) atoms. The molecule has 1 aromatic heterocycles. The fourth-order valence-corrected chi connectivity index (χ4v) is 3.28. The van der Waals surface area contributed by atoms with Crippen molar-refractivity contribution in [2.24, 2.45) is 0 Å². The zero-order valence-corrected chi connectivity index (χ0v) is 12.4. The second-order valence-electron chi connectivity index (χ2n) is 5.84. The SMILES string of the molecule is Cc1ccc2[n+](c1)C(C)c1cc(-c3ccccc3)ccc1-2. The standard InChI is InChI=1S/C20H18N/c1-14-8-11-20-18-10-9-17(16-6-4-3-5-7-16)12-19(18)15(2)21(20)13-14/h3-13,15H,1-2H3/q+1. The van der Waals surface area contributed by atoms with Gasteiger partial charge in [0, 0.05) is 24.1 Å². The average molecular weight is 272 g/mol. The summed E-state index contributed by atoms with van der Waals surface area (Å²) in [4.78, 5) is 0. The fraction of sp³-hybridized carbons (Fsp3) is 0.150. The van der Waals surface area contributed by atoms with Gasteiger partial charge in [0.05, 0.1) is 5.56 Å². The highest BCUT2D eigenvalue weighted by molar-refractivity contribution is 5.72. The smallest absolute Gasteiger partial charge is 0.191 e. The Morgan fingerprint density at radius 3 is 2.48 bits per heavy atom. The van der Waals surface area contributed by atoms with Gasteiger partial charge in [-0.1, -0.05) is 36.4 Å². The third-order valence-corrected chi connectivity index (χ3v) is 4.43. The van der Waals surface area contributed by atoms with Crippen LogP contribution >= 0.6 is 0 Å². The van der Waals surface area contributed by atoms with Crippen molar-refractivity contribution in [2.75, 3.05) is 0 Å². The van der Waals surface area contributed by atoms with E-state index in [1.165, 1.54) is 33.5 Å². The van der Waals surface area contributed by atoms with Gasteiger partial charge in [-0.05, 0) is 36.2 Å². The minimum atomic E-state index is 0.401. The van der Waals surface area contributed by atoms with Crippen molar-refractivity contribution >= 4 is 0 Å². The van der Waals surface area contributed by atoms with Crippen LogP contribution < -0.4 is 4.57 Å². The molecule has 0 saturated carbocycles. The molecule has 1 atom stereocenters. The van der Waals surface area contributed by atoms with Gasteiger partial charge in [0.25, 0.3) is 0 Å². The van der Waals surface area contributed by atoms with E-state index >= 15 is 0 Å². The van der Waals surface area contributed by atoms with Gasteiger partial charge in [-0.15, -0.1) is 0 Å². The lowest BCUT2D eigenvalue weighted by Crippen LogP contribution is -2.36. The molecule has 0 N–H and O–H groups in total. The molecule has 3 aromatic rings. The van der Waals surface area contributed by atoms with E-state index in [1.54, 1.807) is 0 Å². The van der Waals surface area contributed by atoms with Gasteiger partial charge in [0.1, 0.15) is 0 Å². The molecule has 1 nitrogen and oxygen atoms in total. The Kier molecular flexibility index (Phi) is 2.68. The van der Waals surface area contributed by atoms with Gasteiger partial charge in [0.2, 0.25) is 5.69 Å². The van der Waals surface area contributed by atoms with Gasteiger partial charge >= 0.3 is 0 Å². The van der Waals surface area contributed by atoms with Crippen LogP contribution in [0.4, 0.5) is 0 Å². The van der Waals surface area contributed by atoms with Gasteiger partial charge in [-0.3, -0.25) is 0 Å². The van der Waals surface area contributed by atoms with Gasteiger partial charge in [-0.25, -0.2) is 0 Å². The van der Waals surface area contributed by atoms with Gasteiger partial charge in [0.15, 0.2) is 12.2 Å². The molecule has 1 heteroatoms. The molecule has 0 saturated heterocycles. The summed E-state index contributed by atoms with van der Waals surface area (Å²) in [5.74, 6) is 0. The number of hydrogen-bond donors (Lipinski definition) is 0. The van der Waals surface area contributed by atoms with Crippen LogP contribution in [0.3, 0.4) is 0 Å². The molecule has 1 unspecified atom stereocenters. The molecule has 0 radical (unpaired) electrons. The molecule has 0 amide bonds. The van der Waals surface area contributed by atoms with Crippen LogP contribution in [0.2, 0.25) is 0 Å². The molecule has 102 valence electrons. The fourth-order valence-electron chi connectivity index (χ4n) is 3.28. The number of aryl methyl sites for hydroxylation is 1. The monoisotopic (exact) mass is 272 g/mol. The van der Waals surface area contributed by atoms with Crippen LogP contribution in [0.25, 0.3) is 22.4 Å². The van der Waals surface area contributed by atoms with Crippen molar-refractivity contribution < 1.29 is 4.57 Å². The van der Waals surface area contributed by atoms with Gasteiger partial charge in [-0.2, -0.15) is 4.57 Å². The summed E-state index contributed by atoms with van der Waals surface area (Å²) in [5.41, 5.74) is 7.99. The third kappa shape index (κ3) is 1.89. The van der Waals surface area contributed by atoms with Crippen molar-refractivity contribution in [3.63, 3.8) is 0 Å². The molecule has 2 heterocycles. The lowest BCUT2D eigenvalue weighted by atomic mass is 9.97. The maximum Gasteiger partial charge on any atom is 0.213 e. The summed E-state index contributed by atoms with van der Waals surface area (Å²) >= 11 is 0. The number of benzene rings is 2. The maximum atomic E-state index is 2.38. The molecule has 4 rings (SSSR count). The van der Waals surface area contributed by atoms with Gasteiger partial charge < -0.3 is 0 Å². The average Bonchev–Trinajstić information content (AvgIpc) is 2.80. The largest absolute Gasteiger partial charge is 0.213 e. The molecule has 1 aliphatic rings. The number of fused-ring (bicyclic) bond motifs is 3. The summed E-state index contributed by atoms with van der Waals surface area (Å²) in [6.07, 6.45) is 2.25. The molecule has 0 spiro atoms. The summed E-state index contributed by atoms with van der Waals surface area (Å²) in [7, 11) is 0. The number of hydrogen-bond acceptors (Lipinski definition) is 0. The quantitative estimate of drug-likeness (QED) is 0.573. The van der Waals surface area contributed by atoms with Crippen LogP contribution in [-0.2, 0) is 0 Å². The Bertz CT molecular complexity index is 818. The zero-order chi connectivity index (χ0) is 14.4. The number of rotatable bonds is 1. The molecular formula is C20H18N+. The van der Waals surface area contributed by atoms with Crippen LogP contribution in [0.5, 0.6) is 0 Å². The minimum Gasteiger partial charge on any atom is -0.191 e. The lowest BCUT2D eigenvalue weighted by Gasteiger charge is -2.05. The van der Waals surface area contributed by atoms with Crippen LogP contribution in [-0.4, -0.2) is 0 Å². The Morgan fingerprint density at radius 1 is 0.857 bits per heavy atom. The predicted molar refractivity (Wildman–Crippen MR) is 86.1 cm³/mol. The van der Waals surface area contributed by atoms with E-state index in [2.05, 4.69) is 85.3 Å². The highest BCUT2D eigenvalue weighted by atomic mass is 15.0. The summed E-state index contributed by atoms with van der Waals surface area (Å²) in [6.45, 7) is 4.43. The lowest BCUT2D eigenvalue weighted by molar-refractivity contribution is -0.694. The Labute approximate surface area is 125 Å². The Hall–Kier alpha value is -2.41. The topological polar surface area (TPSA) is 3.88 Å². The molecule has 2 aromatic carbocycles. The molecule has 0 aliphatic carbocycles. The summed E-state index contributed by atoms with van der Waals surface area (Å²) in [5, 5.41) is 0. The number of nitrogens with zero attached hydrogens (tertiary/aromatic N) is 1. The second kappa shape index (κ2) is 4.56. The first-order valence-corrected chi connectivity index (χ1v) is 7.45. The summed E-state index contributed by atoms with van der Waals surface area (Å²) in [6, 6.07) is 22.3. The highest BCUT2D eigenvalue weighted by Crippen LogP contribution is 2.36. The first kappa shape index (κ1) is 12.3. The van der Waals surface area contributed by atoms with E-state index in [0.29, 0.717) is 6.04 Å². The zero-order valence-electron chi connectivity index (χ0n) is 12.4. The van der Waals surface area contributed by atoms with E-state index in [1.807, 2.05) is 0 Å². The van der Waals surface area contributed by atoms with E-state index in [0.717, 1.165) is 0 Å². The van der Waals surface area contributed by atoms with E-state index in [9.17, 15) is 0 Å². The van der Waals surface area contributed by atoms with Crippen molar-refractivity contribution in [2.45, 2.75) is 19.9 Å². The molecule has 1 aliphatic heterocycles. The predicted octanol–water partition coefficient (Wildman–Crippen LogP) is 4.54. The summed E-state index contributed by atoms with van der Waals surface area (Å²) < 4.78 is 2.38. The third-order valence-electron chi connectivity index (χ3n) is 4.43. The van der Waals surface area contributed by atoms with E-state index < -0.39 is 0 Å². The normalized spacial score (nSPS) is 15.6. The van der Waals surface area contributed by atoms with E-state index in [-0.39, 0.29) is 0 Å². The Balaban J connectivity index is 1.88. The number of aromatic nitrogens is 1. The van der Waals surface area contributed by atoms with Crippen LogP contribution in [0.15, 0.2) is 66.9 Å². The highest BCUT2D eigenvalue weighted by Gasteiger charge is 2.33. The van der Waals surface area contributed by atoms with Crippen LogP contribution in [0.1, 0.15) is 24.1 Å². The van der Waals surface area contributed by atoms with Crippen molar-refractivity contribution in [1.29, 1.82) is 0 Å².